The summed E-state index contributed by atoms with van der Waals surface area (Å²) in [6.07, 6.45) is 6.78. The van der Waals surface area contributed by atoms with Crippen LogP contribution in [0.4, 0.5) is 0 Å². The molecule has 5 nitrogen and oxygen atoms in total. The van der Waals surface area contributed by atoms with Gasteiger partial charge in [-0.25, -0.2) is 0 Å². The molecule has 4 fully saturated rings. The number of carbonyl (C=O) groups is 1. The minimum absolute atomic E-state index is 0.0355. The zero-order chi connectivity index (χ0) is 26.6. The second kappa shape index (κ2) is 9.76. The lowest BCUT2D eigenvalue weighted by atomic mass is 9.45. The van der Waals surface area contributed by atoms with Crippen LogP contribution in [0.25, 0.3) is 0 Å². The molecule has 6 atom stereocenters. The van der Waals surface area contributed by atoms with E-state index in [1.54, 1.807) is 0 Å². The largest absolute Gasteiger partial charge is 0.477 e. The van der Waals surface area contributed by atoms with Gasteiger partial charge in [0.25, 0.3) is 0 Å². The van der Waals surface area contributed by atoms with Crippen molar-refractivity contribution in [1.82, 2.24) is 0 Å². The number of carbonyl (C=O) groups excluding carboxylic acids is 1. The minimum atomic E-state index is -2.09. The van der Waals surface area contributed by atoms with E-state index in [1.165, 1.54) is 6.42 Å². The molecule has 1 unspecified atom stereocenters. The average Bonchev–Trinajstić information content (AvgIpc) is 3.02. The topological polar surface area (TPSA) is 54.0 Å². The van der Waals surface area contributed by atoms with Gasteiger partial charge in [-0.3, -0.25) is 4.79 Å². The first-order chi connectivity index (χ1) is 15.8. The number of esters is 1. The third kappa shape index (κ3) is 6.39. The van der Waals surface area contributed by atoms with Gasteiger partial charge >= 0.3 is 13.1 Å². The number of ether oxygens (including phenoxy) is 1. The molecular weight excluding hydrogens is 479 g/mol. The van der Waals surface area contributed by atoms with E-state index in [0.29, 0.717) is 23.7 Å². The van der Waals surface area contributed by atoms with E-state index in [1.807, 2.05) is 32.9 Å². The van der Waals surface area contributed by atoms with Crippen LogP contribution in [0.15, 0.2) is 12.2 Å². The summed E-state index contributed by atoms with van der Waals surface area (Å²) >= 11 is 6.80. The van der Waals surface area contributed by atoms with Crippen molar-refractivity contribution in [2.45, 2.75) is 135 Å². The van der Waals surface area contributed by atoms with E-state index < -0.39 is 21.0 Å². The standard InChI is InChI=1S/C27H48BClO5Si/c1-24(2,3)31-22(30)16-19(33-35(10,11)25(4,5)6)13-12-14-21(29)28-32-23-20-15-18(26(20,7)8)17-27(23,9)34-28/h12-13,18-21,23H,14-17H2,1-11H3/t18-,19?,20+,21-,23-,27+/m1/s1. The molecule has 4 rings (SSSR count). The summed E-state index contributed by atoms with van der Waals surface area (Å²) in [4.78, 5) is 12.6. The second-order valence-electron chi connectivity index (χ2n) is 14.3. The monoisotopic (exact) mass is 526 g/mol. The normalized spacial score (nSPS) is 32.2. The van der Waals surface area contributed by atoms with Gasteiger partial charge in [-0.1, -0.05) is 46.8 Å². The van der Waals surface area contributed by atoms with Crippen molar-refractivity contribution in [3.05, 3.63) is 12.2 Å². The molecule has 0 aromatic carbocycles. The Kier molecular flexibility index (Phi) is 8.15. The summed E-state index contributed by atoms with van der Waals surface area (Å²) < 4.78 is 25.0. The lowest BCUT2D eigenvalue weighted by molar-refractivity contribution is -0.185. The molecule has 4 aliphatic rings. The van der Waals surface area contributed by atoms with Crippen molar-refractivity contribution < 1.29 is 23.3 Å². The molecule has 35 heavy (non-hydrogen) atoms. The third-order valence-electron chi connectivity index (χ3n) is 8.88. The summed E-state index contributed by atoms with van der Waals surface area (Å²) in [6, 6.07) is 0. The molecule has 8 heteroatoms. The summed E-state index contributed by atoms with van der Waals surface area (Å²) in [6.45, 7) is 23.5. The van der Waals surface area contributed by atoms with Crippen LogP contribution in [0.2, 0.25) is 18.1 Å². The van der Waals surface area contributed by atoms with E-state index in [-0.39, 0.29) is 40.5 Å². The Hall–Kier alpha value is -0.338. The summed E-state index contributed by atoms with van der Waals surface area (Å²) in [5.41, 5.74) is -0.446. The van der Waals surface area contributed by atoms with Gasteiger partial charge in [0.1, 0.15) is 5.60 Å². The zero-order valence-electron chi connectivity index (χ0n) is 23.9. The van der Waals surface area contributed by atoms with Gasteiger partial charge in [0.2, 0.25) is 0 Å². The van der Waals surface area contributed by atoms with Crippen molar-refractivity contribution in [1.29, 1.82) is 0 Å². The number of halogens is 1. The number of rotatable bonds is 8. The number of allylic oxidation sites excluding steroid dienone is 1. The maximum absolute atomic E-state index is 12.6. The lowest BCUT2D eigenvalue weighted by Gasteiger charge is -2.63. The van der Waals surface area contributed by atoms with Crippen molar-refractivity contribution >= 4 is 33.0 Å². The Morgan fingerprint density at radius 3 is 2.37 bits per heavy atom. The van der Waals surface area contributed by atoms with Crippen LogP contribution in [0.5, 0.6) is 0 Å². The molecule has 0 aromatic rings. The predicted molar refractivity (Wildman–Crippen MR) is 146 cm³/mol. The fourth-order valence-electron chi connectivity index (χ4n) is 5.62. The van der Waals surface area contributed by atoms with Crippen LogP contribution in [-0.2, 0) is 23.3 Å². The van der Waals surface area contributed by atoms with Gasteiger partial charge in [0, 0.05) is 0 Å². The Bertz CT molecular complexity index is 817. The predicted octanol–water partition coefficient (Wildman–Crippen LogP) is 6.93. The van der Waals surface area contributed by atoms with Crippen LogP contribution in [0.3, 0.4) is 0 Å². The van der Waals surface area contributed by atoms with E-state index in [0.717, 1.165) is 6.42 Å². The lowest BCUT2D eigenvalue weighted by Crippen LogP contribution is -2.63. The van der Waals surface area contributed by atoms with Gasteiger partial charge < -0.3 is 18.5 Å². The van der Waals surface area contributed by atoms with E-state index in [2.05, 4.69) is 54.6 Å². The van der Waals surface area contributed by atoms with E-state index in [9.17, 15) is 4.79 Å². The molecule has 3 saturated carbocycles. The fourth-order valence-corrected chi connectivity index (χ4v) is 7.11. The van der Waals surface area contributed by atoms with Crippen molar-refractivity contribution in [2.24, 2.45) is 17.3 Å². The maximum Gasteiger partial charge on any atom is 0.477 e. The molecule has 2 bridgehead atoms. The number of alkyl halides is 1. The van der Waals surface area contributed by atoms with Crippen LogP contribution in [0, 0.1) is 17.3 Å². The molecule has 0 N–H and O–H groups in total. The van der Waals surface area contributed by atoms with E-state index >= 15 is 0 Å². The highest BCUT2D eigenvalue weighted by Gasteiger charge is 2.67. The highest BCUT2D eigenvalue weighted by Crippen LogP contribution is 2.64. The van der Waals surface area contributed by atoms with Gasteiger partial charge in [-0.05, 0) is 82.3 Å². The molecular formula is C27H48BClO5Si. The molecule has 0 spiro atoms. The van der Waals surface area contributed by atoms with Crippen molar-refractivity contribution in [3.63, 3.8) is 0 Å². The molecule has 1 heterocycles. The third-order valence-corrected chi connectivity index (χ3v) is 13.8. The fraction of sp³-hybridized carbons (Fsp3) is 0.889. The first-order valence-electron chi connectivity index (χ1n) is 13.3. The van der Waals surface area contributed by atoms with Crippen LogP contribution in [-0.4, -0.2) is 50.1 Å². The Morgan fingerprint density at radius 1 is 1.20 bits per heavy atom. The number of hydrogen-bond acceptors (Lipinski definition) is 5. The SMILES string of the molecule is CC(C)(C)OC(=O)CC(C=CC[C@@H](Cl)B1O[C@@H]2[C@@H]3C[C@H](C[C@]2(C)O1)C3(C)C)O[Si](C)(C)C(C)(C)C. The average molecular weight is 527 g/mol. The zero-order valence-corrected chi connectivity index (χ0v) is 25.6. The highest BCUT2D eigenvalue weighted by molar-refractivity contribution is 6.74. The molecule has 1 saturated heterocycles. The molecule has 1 aliphatic heterocycles. The van der Waals surface area contributed by atoms with Crippen molar-refractivity contribution in [2.75, 3.05) is 0 Å². The molecule has 0 aromatic heterocycles. The van der Waals surface area contributed by atoms with Crippen LogP contribution < -0.4 is 0 Å². The molecule has 0 radical (unpaired) electrons. The molecule has 3 aliphatic carbocycles. The van der Waals surface area contributed by atoms with Crippen LogP contribution >= 0.6 is 11.6 Å². The van der Waals surface area contributed by atoms with Gasteiger partial charge in [-0.2, -0.15) is 0 Å². The van der Waals surface area contributed by atoms with Crippen LogP contribution in [0.1, 0.15) is 88.0 Å². The van der Waals surface area contributed by atoms with Gasteiger partial charge in [0.15, 0.2) is 8.32 Å². The summed E-state index contributed by atoms with van der Waals surface area (Å²) in [5, 5.41) is -0.266. The maximum atomic E-state index is 12.6. The Morgan fingerprint density at radius 2 is 1.83 bits per heavy atom. The highest BCUT2D eigenvalue weighted by atomic mass is 35.5. The quantitative estimate of drug-likeness (QED) is 0.148. The first kappa shape index (κ1) is 29.2. The first-order valence-corrected chi connectivity index (χ1v) is 16.6. The second-order valence-corrected chi connectivity index (χ2v) is 19.6. The minimum Gasteiger partial charge on any atom is -0.460 e. The smallest absolute Gasteiger partial charge is 0.460 e. The van der Waals surface area contributed by atoms with Gasteiger partial charge in [0.05, 0.1) is 29.5 Å². The molecule has 0 amide bonds. The van der Waals surface area contributed by atoms with Gasteiger partial charge in [-0.15, -0.1) is 11.6 Å². The summed E-state index contributed by atoms with van der Waals surface area (Å²) in [5.74, 6) is 0.979. The Balaban J connectivity index is 1.63. The summed E-state index contributed by atoms with van der Waals surface area (Å²) in [7, 11) is -2.50. The van der Waals surface area contributed by atoms with E-state index in [4.69, 9.17) is 30.1 Å². The van der Waals surface area contributed by atoms with Crippen molar-refractivity contribution in [3.8, 4) is 0 Å². The Labute approximate surface area is 220 Å². The molecule has 200 valence electrons. The number of hydrogen-bond donors (Lipinski definition) is 0.